The third-order valence-corrected chi connectivity index (χ3v) is 3.92. The third-order valence-electron chi connectivity index (χ3n) is 3.92. The summed E-state index contributed by atoms with van der Waals surface area (Å²) in [6.07, 6.45) is 3.41. The van der Waals surface area contributed by atoms with Gasteiger partial charge in [0.1, 0.15) is 6.54 Å². The molecular formula is C18H14N4O2. The van der Waals surface area contributed by atoms with Crippen molar-refractivity contribution in [2.45, 2.75) is 6.54 Å². The molecule has 2 N–H and O–H groups in total. The van der Waals surface area contributed by atoms with Crippen LogP contribution in [0.25, 0.3) is 21.7 Å². The Morgan fingerprint density at radius 1 is 1.08 bits per heavy atom. The van der Waals surface area contributed by atoms with Crippen molar-refractivity contribution in [3.63, 3.8) is 0 Å². The van der Waals surface area contributed by atoms with Crippen molar-refractivity contribution in [1.82, 2.24) is 14.8 Å². The minimum atomic E-state index is -0.298. The molecular weight excluding hydrogens is 304 g/mol. The van der Waals surface area contributed by atoms with Gasteiger partial charge in [0, 0.05) is 22.5 Å². The van der Waals surface area contributed by atoms with Crippen molar-refractivity contribution in [3.8, 4) is 0 Å². The first-order chi connectivity index (χ1) is 11.7. The molecule has 4 aromatic rings. The molecule has 1 amide bonds. The highest BCUT2D eigenvalue weighted by Crippen LogP contribution is 2.22. The summed E-state index contributed by atoms with van der Waals surface area (Å²) in [7, 11) is 0. The van der Waals surface area contributed by atoms with E-state index in [1.54, 1.807) is 18.3 Å². The number of hydrogen-bond acceptors (Lipinski definition) is 3. The lowest BCUT2D eigenvalue weighted by Gasteiger charge is -2.08. The highest BCUT2D eigenvalue weighted by Gasteiger charge is 2.10. The molecule has 0 fully saturated rings. The number of anilines is 1. The van der Waals surface area contributed by atoms with E-state index in [0.29, 0.717) is 11.1 Å². The Morgan fingerprint density at radius 2 is 1.96 bits per heavy atom. The molecule has 0 atom stereocenters. The molecule has 0 unspecified atom stereocenters. The van der Waals surface area contributed by atoms with Gasteiger partial charge < -0.3 is 10.3 Å². The summed E-state index contributed by atoms with van der Waals surface area (Å²) in [4.78, 5) is 27.8. The highest BCUT2D eigenvalue weighted by molar-refractivity contribution is 6.01. The number of carbonyl (C=O) groups excluding carboxylic acids is 1. The van der Waals surface area contributed by atoms with E-state index in [1.807, 2.05) is 42.6 Å². The zero-order valence-corrected chi connectivity index (χ0v) is 12.7. The van der Waals surface area contributed by atoms with Crippen molar-refractivity contribution in [3.05, 3.63) is 71.3 Å². The summed E-state index contributed by atoms with van der Waals surface area (Å²) in [6, 6.07) is 14.7. The monoisotopic (exact) mass is 318 g/mol. The fourth-order valence-electron chi connectivity index (χ4n) is 2.76. The van der Waals surface area contributed by atoms with Gasteiger partial charge in [0.15, 0.2) is 0 Å². The van der Waals surface area contributed by atoms with Gasteiger partial charge in [-0.2, -0.15) is 5.10 Å². The molecule has 6 nitrogen and oxygen atoms in total. The van der Waals surface area contributed by atoms with Crippen molar-refractivity contribution in [2.24, 2.45) is 0 Å². The van der Waals surface area contributed by atoms with E-state index in [4.69, 9.17) is 0 Å². The standard InChI is InChI=1S/C18H14N4O2/c23-17(21-16-7-3-6-15-14(16)8-9-19-15)11-22-18(24)13-5-2-1-4-12(13)10-20-22/h1-10,19H,11H2,(H,21,23). The van der Waals surface area contributed by atoms with Crippen LogP contribution in [0.3, 0.4) is 0 Å². The van der Waals surface area contributed by atoms with Gasteiger partial charge in [0.25, 0.3) is 5.56 Å². The maximum atomic E-state index is 12.4. The Hall–Kier alpha value is -3.41. The van der Waals surface area contributed by atoms with Crippen LogP contribution in [0.4, 0.5) is 5.69 Å². The first-order valence-corrected chi connectivity index (χ1v) is 7.53. The lowest BCUT2D eigenvalue weighted by molar-refractivity contribution is -0.117. The number of nitrogens with one attached hydrogen (secondary N) is 2. The van der Waals surface area contributed by atoms with Gasteiger partial charge in [0.05, 0.1) is 17.3 Å². The second-order valence-electron chi connectivity index (χ2n) is 5.49. The zero-order chi connectivity index (χ0) is 16.5. The van der Waals surface area contributed by atoms with E-state index in [0.717, 1.165) is 16.3 Å². The summed E-state index contributed by atoms with van der Waals surface area (Å²) >= 11 is 0. The maximum absolute atomic E-state index is 12.4. The van der Waals surface area contributed by atoms with E-state index in [2.05, 4.69) is 15.4 Å². The SMILES string of the molecule is O=C(Cn1ncc2ccccc2c1=O)Nc1cccc2[nH]ccc12. The Balaban J connectivity index is 1.62. The minimum absolute atomic E-state index is 0.134. The molecule has 0 spiro atoms. The lowest BCUT2D eigenvalue weighted by Crippen LogP contribution is -2.29. The number of hydrogen-bond donors (Lipinski definition) is 2. The van der Waals surface area contributed by atoms with Crippen LogP contribution in [-0.2, 0) is 11.3 Å². The second kappa shape index (κ2) is 5.66. The number of H-pyrrole nitrogens is 1. The Kier molecular flexibility index (Phi) is 3.35. The van der Waals surface area contributed by atoms with Gasteiger partial charge in [0.2, 0.25) is 5.91 Å². The molecule has 0 aliphatic rings. The number of aromatic nitrogens is 3. The molecule has 0 aliphatic carbocycles. The summed E-state index contributed by atoms with van der Waals surface area (Å²) in [5.41, 5.74) is 1.37. The second-order valence-corrected chi connectivity index (χ2v) is 5.49. The quantitative estimate of drug-likeness (QED) is 0.609. The lowest BCUT2D eigenvalue weighted by atomic mass is 10.2. The van der Waals surface area contributed by atoms with Crippen LogP contribution in [0.5, 0.6) is 0 Å². The Bertz CT molecular complexity index is 1110. The summed E-state index contributed by atoms with van der Waals surface area (Å²) in [5, 5.41) is 9.14. The smallest absolute Gasteiger partial charge is 0.275 e. The minimum Gasteiger partial charge on any atom is -0.361 e. The topological polar surface area (TPSA) is 79.8 Å². The van der Waals surface area contributed by atoms with Crippen LogP contribution in [-0.4, -0.2) is 20.7 Å². The van der Waals surface area contributed by atoms with E-state index in [-0.39, 0.29) is 18.0 Å². The normalized spacial score (nSPS) is 11.0. The molecule has 0 saturated heterocycles. The fourth-order valence-corrected chi connectivity index (χ4v) is 2.76. The summed E-state index contributed by atoms with van der Waals surface area (Å²) in [6.45, 7) is -0.134. The molecule has 2 aromatic heterocycles. The molecule has 0 bridgehead atoms. The van der Waals surface area contributed by atoms with Gasteiger partial charge in [-0.15, -0.1) is 0 Å². The van der Waals surface area contributed by atoms with Crippen molar-refractivity contribution in [1.29, 1.82) is 0 Å². The van der Waals surface area contributed by atoms with E-state index >= 15 is 0 Å². The first-order valence-electron chi connectivity index (χ1n) is 7.53. The van der Waals surface area contributed by atoms with Crippen LogP contribution in [0, 0.1) is 0 Å². The number of rotatable bonds is 3. The van der Waals surface area contributed by atoms with Gasteiger partial charge >= 0.3 is 0 Å². The molecule has 0 radical (unpaired) electrons. The number of benzene rings is 2. The predicted molar refractivity (Wildman–Crippen MR) is 92.9 cm³/mol. The average Bonchev–Trinajstić information content (AvgIpc) is 3.07. The average molecular weight is 318 g/mol. The van der Waals surface area contributed by atoms with Crippen molar-refractivity contribution >= 4 is 33.3 Å². The van der Waals surface area contributed by atoms with Gasteiger partial charge in [-0.05, 0) is 24.3 Å². The highest BCUT2D eigenvalue weighted by atomic mass is 16.2. The van der Waals surface area contributed by atoms with E-state index in [1.165, 1.54) is 4.68 Å². The maximum Gasteiger partial charge on any atom is 0.275 e. The van der Waals surface area contributed by atoms with E-state index in [9.17, 15) is 9.59 Å². The number of aromatic amines is 1. The number of fused-ring (bicyclic) bond motifs is 2. The Labute approximate surface area is 136 Å². The number of nitrogens with zero attached hydrogens (tertiary/aromatic N) is 2. The number of amides is 1. The molecule has 4 rings (SSSR count). The van der Waals surface area contributed by atoms with Crippen LogP contribution < -0.4 is 10.9 Å². The van der Waals surface area contributed by atoms with Gasteiger partial charge in [-0.1, -0.05) is 24.3 Å². The largest absolute Gasteiger partial charge is 0.361 e. The van der Waals surface area contributed by atoms with Crippen LogP contribution in [0.15, 0.2) is 65.7 Å². The number of carbonyl (C=O) groups is 1. The molecule has 6 heteroatoms. The summed E-state index contributed by atoms with van der Waals surface area (Å²) < 4.78 is 1.18. The molecule has 0 saturated carbocycles. The van der Waals surface area contributed by atoms with Gasteiger partial charge in [-0.3, -0.25) is 9.59 Å². The molecule has 24 heavy (non-hydrogen) atoms. The van der Waals surface area contributed by atoms with Crippen molar-refractivity contribution in [2.75, 3.05) is 5.32 Å². The van der Waals surface area contributed by atoms with Crippen LogP contribution >= 0.6 is 0 Å². The molecule has 2 heterocycles. The summed E-state index contributed by atoms with van der Waals surface area (Å²) in [5.74, 6) is -0.298. The van der Waals surface area contributed by atoms with E-state index < -0.39 is 0 Å². The van der Waals surface area contributed by atoms with Crippen LogP contribution in [0.2, 0.25) is 0 Å². The predicted octanol–water partition coefficient (Wildman–Crippen LogP) is 2.52. The molecule has 2 aromatic carbocycles. The zero-order valence-electron chi connectivity index (χ0n) is 12.7. The van der Waals surface area contributed by atoms with Gasteiger partial charge in [-0.25, -0.2) is 4.68 Å². The van der Waals surface area contributed by atoms with Crippen LogP contribution in [0.1, 0.15) is 0 Å². The van der Waals surface area contributed by atoms with Crippen molar-refractivity contribution < 1.29 is 4.79 Å². The molecule has 118 valence electrons. The molecule has 0 aliphatic heterocycles. The first kappa shape index (κ1) is 14.2. The fraction of sp³-hybridized carbons (Fsp3) is 0.0556. The third kappa shape index (κ3) is 2.44. The Morgan fingerprint density at radius 3 is 2.88 bits per heavy atom.